The topological polar surface area (TPSA) is 46.2 Å². The Labute approximate surface area is 118 Å². The van der Waals surface area contributed by atoms with Crippen molar-refractivity contribution in [2.24, 2.45) is 0 Å². The quantitative estimate of drug-likeness (QED) is 0.494. The molecule has 0 atom stereocenters. The Bertz CT molecular complexity index is 506. The molecule has 0 aromatic heterocycles. The van der Waals surface area contributed by atoms with E-state index in [1.54, 1.807) is 0 Å². The van der Waals surface area contributed by atoms with E-state index in [0.29, 0.717) is 12.1 Å². The van der Waals surface area contributed by atoms with Crippen LogP contribution in [0.5, 0.6) is 0 Å². The van der Waals surface area contributed by atoms with Crippen LogP contribution < -0.4 is 5.32 Å². The maximum atomic E-state index is 11.7. The van der Waals surface area contributed by atoms with Crippen molar-refractivity contribution in [2.45, 2.75) is 13.3 Å². The van der Waals surface area contributed by atoms with Crippen LogP contribution in [0, 0.1) is 0 Å². The van der Waals surface area contributed by atoms with Gasteiger partial charge in [0.25, 0.3) is 5.91 Å². The number of hydrogen-bond acceptors (Lipinski definition) is 2. The molecule has 0 radical (unpaired) electrons. The first-order chi connectivity index (χ1) is 9.00. The van der Waals surface area contributed by atoms with Gasteiger partial charge < -0.3 is 5.32 Å². The van der Waals surface area contributed by atoms with Crippen LogP contribution in [-0.4, -0.2) is 17.7 Å². The van der Waals surface area contributed by atoms with Crippen molar-refractivity contribution in [2.75, 3.05) is 6.54 Å². The zero-order valence-electron chi connectivity index (χ0n) is 10.8. The second-order valence-electron chi connectivity index (χ2n) is 4.12. The smallest absolute Gasteiger partial charge is 0.250 e. The van der Waals surface area contributed by atoms with Crippen molar-refractivity contribution in [3.63, 3.8) is 0 Å². The van der Waals surface area contributed by atoms with E-state index in [2.05, 4.69) is 11.9 Å². The van der Waals surface area contributed by atoms with Crippen LogP contribution in [0.2, 0.25) is 0 Å². The third-order valence-corrected chi connectivity index (χ3v) is 2.83. The van der Waals surface area contributed by atoms with Crippen LogP contribution in [-0.2, 0) is 16.0 Å². The lowest BCUT2D eigenvalue weighted by Gasteiger charge is -2.05. The Balaban J connectivity index is 2.42. The summed E-state index contributed by atoms with van der Waals surface area (Å²) in [5.74, 6) is -0.298. The van der Waals surface area contributed by atoms with Crippen molar-refractivity contribution in [1.82, 2.24) is 5.32 Å². The molecule has 0 spiro atoms. The zero-order chi connectivity index (χ0) is 14.3. The molecule has 1 aromatic carbocycles. The molecule has 0 saturated carbocycles. The summed E-state index contributed by atoms with van der Waals surface area (Å²) in [6, 6.07) is 9.84. The third-order valence-electron chi connectivity index (χ3n) is 2.53. The first-order valence-electron chi connectivity index (χ1n) is 5.90. The highest BCUT2D eigenvalue weighted by Crippen LogP contribution is 2.04. The number of halogens is 1. The summed E-state index contributed by atoms with van der Waals surface area (Å²) >= 11 is 5.28. The molecule has 0 aliphatic rings. The van der Waals surface area contributed by atoms with Crippen molar-refractivity contribution < 1.29 is 9.59 Å². The number of carbonyl (C=O) groups is 2. The van der Waals surface area contributed by atoms with Crippen molar-refractivity contribution in [1.29, 1.82) is 0 Å². The predicted octanol–water partition coefficient (Wildman–Crippen LogP) is 2.61. The summed E-state index contributed by atoms with van der Waals surface area (Å²) in [5.41, 5.74) is 1.67. The van der Waals surface area contributed by atoms with Crippen LogP contribution in [0.1, 0.15) is 12.5 Å². The van der Waals surface area contributed by atoms with E-state index in [-0.39, 0.29) is 11.5 Å². The fourth-order valence-corrected chi connectivity index (χ4v) is 1.52. The molecular formula is C15H16ClNO2. The molecule has 1 amide bonds. The van der Waals surface area contributed by atoms with Crippen LogP contribution in [0.15, 0.2) is 54.1 Å². The number of rotatable bonds is 6. The maximum absolute atomic E-state index is 11.7. The second kappa shape index (κ2) is 7.54. The second-order valence-corrected chi connectivity index (χ2v) is 4.46. The highest BCUT2D eigenvalue weighted by Gasteiger charge is 2.06. The molecular weight excluding hydrogens is 262 g/mol. The molecule has 0 fully saturated rings. The highest BCUT2D eigenvalue weighted by atomic mass is 35.5. The normalized spacial score (nSPS) is 10.9. The van der Waals surface area contributed by atoms with Gasteiger partial charge in [-0.25, -0.2) is 0 Å². The molecule has 1 aromatic rings. The van der Waals surface area contributed by atoms with Crippen LogP contribution in [0.4, 0.5) is 0 Å². The van der Waals surface area contributed by atoms with Crippen LogP contribution in [0.3, 0.4) is 0 Å². The van der Waals surface area contributed by atoms with E-state index in [9.17, 15) is 9.59 Å². The SMILES string of the molecule is C=C(/C=C(\C)C(=O)Cl)C(=O)NCCc1ccccc1. The number of allylic oxidation sites excluding steroid dienone is 1. The Morgan fingerprint density at radius 1 is 1.32 bits per heavy atom. The lowest BCUT2D eigenvalue weighted by atomic mass is 10.1. The Kier molecular flexibility index (Phi) is 6.03. The molecule has 4 heteroatoms. The summed E-state index contributed by atoms with van der Waals surface area (Å²) in [6.45, 7) is 5.66. The van der Waals surface area contributed by atoms with E-state index in [0.717, 1.165) is 12.0 Å². The minimum Gasteiger partial charge on any atom is -0.352 e. The summed E-state index contributed by atoms with van der Waals surface area (Å²) < 4.78 is 0. The standard InChI is InChI=1S/C15H16ClNO2/c1-11(14(16)18)10-12(2)15(19)17-9-8-13-6-4-3-5-7-13/h3-7,10H,2,8-9H2,1H3,(H,17,19)/b11-10+. The first-order valence-corrected chi connectivity index (χ1v) is 6.27. The molecule has 0 aliphatic carbocycles. The number of nitrogens with one attached hydrogen (secondary N) is 1. The average molecular weight is 278 g/mol. The Morgan fingerprint density at radius 3 is 2.53 bits per heavy atom. The molecule has 0 unspecified atom stereocenters. The van der Waals surface area contributed by atoms with Crippen LogP contribution >= 0.6 is 11.6 Å². The van der Waals surface area contributed by atoms with Gasteiger partial charge in [-0.2, -0.15) is 0 Å². The molecule has 100 valence electrons. The molecule has 1 rings (SSSR count). The van der Waals surface area contributed by atoms with Crippen molar-refractivity contribution >= 4 is 22.8 Å². The average Bonchev–Trinajstić information content (AvgIpc) is 2.39. The van der Waals surface area contributed by atoms with E-state index in [1.165, 1.54) is 13.0 Å². The van der Waals surface area contributed by atoms with E-state index in [4.69, 9.17) is 11.6 Å². The van der Waals surface area contributed by atoms with E-state index >= 15 is 0 Å². The van der Waals surface area contributed by atoms with Gasteiger partial charge in [0.1, 0.15) is 0 Å². The minimum absolute atomic E-state index is 0.222. The Hall–Kier alpha value is -1.87. The minimum atomic E-state index is -0.585. The largest absolute Gasteiger partial charge is 0.352 e. The fraction of sp³-hybridized carbons (Fsp3) is 0.200. The van der Waals surface area contributed by atoms with Gasteiger partial charge in [0.05, 0.1) is 0 Å². The number of benzene rings is 1. The maximum Gasteiger partial charge on any atom is 0.250 e. The molecule has 0 saturated heterocycles. The molecule has 0 bridgehead atoms. The summed E-state index contributed by atoms with van der Waals surface area (Å²) in [7, 11) is 0. The van der Waals surface area contributed by atoms with Gasteiger partial charge >= 0.3 is 0 Å². The summed E-state index contributed by atoms with van der Waals surface area (Å²) in [5, 5.41) is 2.15. The fourth-order valence-electron chi connectivity index (χ4n) is 1.46. The summed E-state index contributed by atoms with van der Waals surface area (Å²) in [4.78, 5) is 22.5. The number of amides is 1. The molecule has 0 heterocycles. The van der Waals surface area contributed by atoms with Gasteiger partial charge in [-0.1, -0.05) is 36.9 Å². The monoisotopic (exact) mass is 277 g/mol. The molecule has 19 heavy (non-hydrogen) atoms. The van der Waals surface area contributed by atoms with E-state index < -0.39 is 5.24 Å². The van der Waals surface area contributed by atoms with E-state index in [1.807, 2.05) is 30.3 Å². The number of hydrogen-bond donors (Lipinski definition) is 1. The van der Waals surface area contributed by atoms with Crippen LogP contribution in [0.25, 0.3) is 0 Å². The molecule has 3 nitrogen and oxygen atoms in total. The third kappa shape index (κ3) is 5.53. The van der Waals surface area contributed by atoms with Crippen molar-refractivity contribution in [3.8, 4) is 0 Å². The Morgan fingerprint density at radius 2 is 1.95 bits per heavy atom. The predicted molar refractivity (Wildman–Crippen MR) is 76.9 cm³/mol. The van der Waals surface area contributed by atoms with Gasteiger partial charge in [0.2, 0.25) is 5.24 Å². The molecule has 0 aliphatic heterocycles. The number of carbonyl (C=O) groups excluding carboxylic acids is 2. The lowest BCUT2D eigenvalue weighted by molar-refractivity contribution is -0.117. The first kappa shape index (κ1) is 15.2. The highest BCUT2D eigenvalue weighted by molar-refractivity contribution is 6.67. The lowest BCUT2D eigenvalue weighted by Crippen LogP contribution is -2.26. The van der Waals surface area contributed by atoms with Gasteiger partial charge in [0, 0.05) is 17.7 Å². The van der Waals surface area contributed by atoms with Gasteiger partial charge in [-0.05, 0) is 36.6 Å². The van der Waals surface area contributed by atoms with Gasteiger partial charge in [-0.15, -0.1) is 0 Å². The summed E-state index contributed by atoms with van der Waals surface area (Å²) in [6.07, 6.45) is 2.13. The zero-order valence-corrected chi connectivity index (χ0v) is 11.5. The van der Waals surface area contributed by atoms with Crippen molar-refractivity contribution in [3.05, 3.63) is 59.7 Å². The van der Waals surface area contributed by atoms with Gasteiger partial charge in [0.15, 0.2) is 0 Å². The van der Waals surface area contributed by atoms with Gasteiger partial charge in [-0.3, -0.25) is 9.59 Å². The molecule has 1 N–H and O–H groups in total.